The molecule has 2 saturated heterocycles. The van der Waals surface area contributed by atoms with Gasteiger partial charge in [0.05, 0.1) is 0 Å². The van der Waals surface area contributed by atoms with E-state index in [9.17, 15) is 0 Å². The van der Waals surface area contributed by atoms with Crippen LogP contribution in [0.15, 0.2) is 0 Å². The van der Waals surface area contributed by atoms with Crippen molar-refractivity contribution >= 4 is 0 Å². The van der Waals surface area contributed by atoms with Crippen LogP contribution >= 0.6 is 0 Å². The van der Waals surface area contributed by atoms with Gasteiger partial charge in [-0.05, 0) is 45.3 Å². The number of hydrogen-bond acceptors (Lipinski definition) is 2. The lowest BCUT2D eigenvalue weighted by atomic mass is 10.1. The Morgan fingerprint density at radius 1 is 1.00 bits per heavy atom. The normalized spacial score (nSPS) is 33.5. The SMILES string of the molecule is C1CC[C@@H](N2CCCC2)CNC1. The van der Waals surface area contributed by atoms with Crippen LogP contribution < -0.4 is 5.32 Å². The van der Waals surface area contributed by atoms with Crippen molar-refractivity contribution in [1.29, 1.82) is 0 Å². The van der Waals surface area contributed by atoms with E-state index in [1.165, 1.54) is 58.3 Å². The molecule has 0 bridgehead atoms. The average Bonchev–Trinajstić information content (AvgIpc) is 2.48. The first-order chi connectivity index (χ1) is 5.97. The molecule has 0 spiro atoms. The van der Waals surface area contributed by atoms with Crippen LogP contribution in [-0.4, -0.2) is 37.1 Å². The predicted molar refractivity (Wildman–Crippen MR) is 51.3 cm³/mol. The van der Waals surface area contributed by atoms with Crippen molar-refractivity contribution in [3.05, 3.63) is 0 Å². The van der Waals surface area contributed by atoms with Gasteiger partial charge in [-0.15, -0.1) is 0 Å². The lowest BCUT2D eigenvalue weighted by Gasteiger charge is -2.25. The van der Waals surface area contributed by atoms with E-state index in [0.717, 1.165) is 6.04 Å². The molecule has 1 atom stereocenters. The smallest absolute Gasteiger partial charge is 0.0220 e. The summed E-state index contributed by atoms with van der Waals surface area (Å²) in [5.74, 6) is 0. The van der Waals surface area contributed by atoms with Crippen molar-refractivity contribution in [2.45, 2.75) is 38.1 Å². The maximum atomic E-state index is 3.53. The highest BCUT2D eigenvalue weighted by Gasteiger charge is 2.21. The van der Waals surface area contributed by atoms with Crippen LogP contribution in [0.3, 0.4) is 0 Å². The summed E-state index contributed by atoms with van der Waals surface area (Å²) in [6.45, 7) is 5.18. The number of likely N-dealkylation sites (tertiary alicyclic amines) is 1. The zero-order chi connectivity index (χ0) is 8.23. The van der Waals surface area contributed by atoms with Gasteiger partial charge in [0.2, 0.25) is 0 Å². The number of hydrogen-bond donors (Lipinski definition) is 1. The zero-order valence-corrected chi connectivity index (χ0v) is 7.89. The minimum absolute atomic E-state index is 0.856. The Balaban J connectivity index is 1.83. The first kappa shape index (κ1) is 8.52. The van der Waals surface area contributed by atoms with E-state index in [2.05, 4.69) is 10.2 Å². The van der Waals surface area contributed by atoms with Crippen molar-refractivity contribution < 1.29 is 0 Å². The van der Waals surface area contributed by atoms with E-state index in [0.29, 0.717) is 0 Å². The minimum Gasteiger partial charge on any atom is -0.315 e. The topological polar surface area (TPSA) is 15.3 Å². The van der Waals surface area contributed by atoms with Crippen LogP contribution in [0.4, 0.5) is 0 Å². The molecule has 0 radical (unpaired) electrons. The third-order valence-electron chi connectivity index (χ3n) is 3.18. The molecule has 2 aliphatic rings. The molecule has 2 nitrogen and oxygen atoms in total. The van der Waals surface area contributed by atoms with Crippen molar-refractivity contribution in [3.63, 3.8) is 0 Å². The van der Waals surface area contributed by atoms with Gasteiger partial charge in [-0.25, -0.2) is 0 Å². The lowest BCUT2D eigenvalue weighted by Crippen LogP contribution is -2.39. The maximum Gasteiger partial charge on any atom is 0.0220 e. The molecule has 0 saturated carbocycles. The van der Waals surface area contributed by atoms with Crippen LogP contribution in [-0.2, 0) is 0 Å². The molecule has 2 fully saturated rings. The molecule has 0 aromatic heterocycles. The summed E-state index contributed by atoms with van der Waals surface area (Å²) in [5.41, 5.74) is 0. The van der Waals surface area contributed by atoms with Gasteiger partial charge >= 0.3 is 0 Å². The van der Waals surface area contributed by atoms with E-state index in [1.807, 2.05) is 0 Å². The first-order valence-electron chi connectivity index (χ1n) is 5.41. The van der Waals surface area contributed by atoms with Crippen LogP contribution in [0.2, 0.25) is 0 Å². The third-order valence-corrected chi connectivity index (χ3v) is 3.18. The van der Waals surface area contributed by atoms with Gasteiger partial charge in [-0.3, -0.25) is 4.90 Å². The van der Waals surface area contributed by atoms with Crippen molar-refractivity contribution in [2.75, 3.05) is 26.2 Å². The van der Waals surface area contributed by atoms with Crippen molar-refractivity contribution in [1.82, 2.24) is 10.2 Å². The summed E-state index contributed by atoms with van der Waals surface area (Å²) < 4.78 is 0. The molecule has 0 unspecified atom stereocenters. The fourth-order valence-corrected chi connectivity index (χ4v) is 2.42. The zero-order valence-electron chi connectivity index (χ0n) is 7.89. The monoisotopic (exact) mass is 168 g/mol. The van der Waals surface area contributed by atoms with E-state index < -0.39 is 0 Å². The molecule has 0 aromatic rings. The molecule has 0 amide bonds. The Bertz CT molecular complexity index is 122. The number of nitrogens with zero attached hydrogens (tertiary/aromatic N) is 1. The predicted octanol–water partition coefficient (Wildman–Crippen LogP) is 1.22. The van der Waals surface area contributed by atoms with Gasteiger partial charge < -0.3 is 5.32 Å². The van der Waals surface area contributed by atoms with Crippen molar-refractivity contribution in [3.8, 4) is 0 Å². The second kappa shape index (κ2) is 4.24. The van der Waals surface area contributed by atoms with E-state index in [1.54, 1.807) is 0 Å². The van der Waals surface area contributed by atoms with Crippen molar-refractivity contribution in [2.24, 2.45) is 0 Å². The maximum absolute atomic E-state index is 3.53. The van der Waals surface area contributed by atoms with Crippen LogP contribution in [0.5, 0.6) is 0 Å². The Morgan fingerprint density at radius 2 is 1.83 bits per heavy atom. The number of rotatable bonds is 1. The van der Waals surface area contributed by atoms with Gasteiger partial charge in [-0.1, -0.05) is 6.42 Å². The molecule has 2 rings (SSSR count). The molecule has 12 heavy (non-hydrogen) atoms. The Hall–Kier alpha value is -0.0800. The summed E-state index contributed by atoms with van der Waals surface area (Å²) in [6, 6.07) is 0.856. The van der Waals surface area contributed by atoms with Gasteiger partial charge in [0.25, 0.3) is 0 Å². The molecule has 0 aromatic carbocycles. The third kappa shape index (κ3) is 1.99. The van der Waals surface area contributed by atoms with Crippen LogP contribution in [0.25, 0.3) is 0 Å². The van der Waals surface area contributed by atoms with E-state index in [4.69, 9.17) is 0 Å². The van der Waals surface area contributed by atoms with E-state index in [-0.39, 0.29) is 0 Å². The highest BCUT2D eigenvalue weighted by atomic mass is 15.2. The summed E-state index contributed by atoms with van der Waals surface area (Å²) in [5, 5.41) is 3.53. The summed E-state index contributed by atoms with van der Waals surface area (Å²) in [7, 11) is 0. The molecular formula is C10H20N2. The quantitative estimate of drug-likeness (QED) is 0.633. The molecule has 2 aliphatic heterocycles. The standard InChI is InChI=1S/C10H20N2/c1-2-6-11-9-10(5-1)12-7-3-4-8-12/h10-11H,1-9H2/t10-/m1/s1. The molecule has 2 heterocycles. The highest BCUT2D eigenvalue weighted by molar-refractivity contribution is 4.79. The van der Waals surface area contributed by atoms with Gasteiger partial charge in [0.1, 0.15) is 0 Å². The second-order valence-electron chi connectivity index (χ2n) is 4.10. The highest BCUT2D eigenvalue weighted by Crippen LogP contribution is 2.16. The lowest BCUT2D eigenvalue weighted by molar-refractivity contribution is 0.231. The minimum atomic E-state index is 0.856. The number of nitrogens with one attached hydrogen (secondary N) is 1. The molecule has 0 aliphatic carbocycles. The molecule has 70 valence electrons. The second-order valence-corrected chi connectivity index (χ2v) is 4.10. The summed E-state index contributed by atoms with van der Waals surface area (Å²) in [4.78, 5) is 2.68. The summed E-state index contributed by atoms with van der Waals surface area (Å²) in [6.07, 6.45) is 7.08. The van der Waals surface area contributed by atoms with Gasteiger partial charge in [0.15, 0.2) is 0 Å². The van der Waals surface area contributed by atoms with Crippen LogP contribution in [0, 0.1) is 0 Å². The van der Waals surface area contributed by atoms with Gasteiger partial charge in [-0.2, -0.15) is 0 Å². The average molecular weight is 168 g/mol. The summed E-state index contributed by atoms with van der Waals surface area (Å²) >= 11 is 0. The molecule has 2 heteroatoms. The van der Waals surface area contributed by atoms with Crippen LogP contribution in [0.1, 0.15) is 32.1 Å². The molecule has 1 N–H and O–H groups in total. The van der Waals surface area contributed by atoms with Gasteiger partial charge in [0, 0.05) is 12.6 Å². The molecular weight excluding hydrogens is 148 g/mol. The Kier molecular flexibility index (Phi) is 3.01. The van der Waals surface area contributed by atoms with E-state index >= 15 is 0 Å². The largest absolute Gasteiger partial charge is 0.315 e. The first-order valence-corrected chi connectivity index (χ1v) is 5.41. The fourth-order valence-electron chi connectivity index (χ4n) is 2.42. The Morgan fingerprint density at radius 3 is 2.67 bits per heavy atom. The Labute approximate surface area is 75.3 Å². The fraction of sp³-hybridized carbons (Fsp3) is 1.00.